The van der Waals surface area contributed by atoms with Gasteiger partial charge in [-0.3, -0.25) is 14.5 Å². The van der Waals surface area contributed by atoms with Crippen LogP contribution in [0.15, 0.2) is 42.2 Å². The number of halogens is 1. The number of carbonyl (C=O) groups excluding carboxylic acids is 1. The topological polar surface area (TPSA) is 92.1 Å². The molecular formula is C23H24FN5O2. The molecule has 0 saturated heterocycles. The number of carbonyl (C=O) groups is 1. The van der Waals surface area contributed by atoms with Gasteiger partial charge in [0.2, 0.25) is 0 Å². The van der Waals surface area contributed by atoms with E-state index >= 15 is 0 Å². The number of aromatic nitrogens is 3. The van der Waals surface area contributed by atoms with Gasteiger partial charge in [-0.25, -0.2) is 4.39 Å². The molecule has 0 saturated carbocycles. The Hall–Kier alpha value is -3.52. The molecule has 0 radical (unpaired) electrons. The summed E-state index contributed by atoms with van der Waals surface area (Å²) in [5.41, 5.74) is 4.84. The second kappa shape index (κ2) is 7.96. The summed E-state index contributed by atoms with van der Waals surface area (Å²) in [6, 6.07) is 8.46. The third kappa shape index (κ3) is 3.94. The minimum atomic E-state index is -0.522. The van der Waals surface area contributed by atoms with Gasteiger partial charge in [0.25, 0.3) is 5.91 Å². The number of hydrogen-bond donors (Lipinski definition) is 3. The van der Waals surface area contributed by atoms with Gasteiger partial charge in [-0.2, -0.15) is 5.10 Å². The zero-order valence-corrected chi connectivity index (χ0v) is 17.8. The highest BCUT2D eigenvalue weighted by molar-refractivity contribution is 6.32. The molecule has 8 heteroatoms. The highest BCUT2D eigenvalue weighted by Gasteiger charge is 2.28. The van der Waals surface area contributed by atoms with Crippen LogP contribution in [0.25, 0.3) is 16.8 Å². The monoisotopic (exact) mass is 421 g/mol. The van der Waals surface area contributed by atoms with Crippen LogP contribution in [0.3, 0.4) is 0 Å². The van der Waals surface area contributed by atoms with E-state index in [1.807, 2.05) is 26.0 Å². The lowest BCUT2D eigenvalue weighted by Gasteiger charge is -2.10. The molecule has 3 aromatic rings. The van der Waals surface area contributed by atoms with Crippen molar-refractivity contribution in [1.29, 1.82) is 0 Å². The van der Waals surface area contributed by atoms with Crippen molar-refractivity contribution >= 4 is 23.0 Å². The first-order valence-electron chi connectivity index (χ1n) is 10.0. The number of pyridine rings is 1. The van der Waals surface area contributed by atoms with E-state index in [0.29, 0.717) is 46.1 Å². The van der Waals surface area contributed by atoms with Crippen LogP contribution in [-0.4, -0.2) is 31.9 Å². The molecule has 1 atom stereocenters. The van der Waals surface area contributed by atoms with E-state index in [2.05, 4.69) is 20.7 Å². The smallest absolute Gasteiger partial charge is 0.258 e. The summed E-state index contributed by atoms with van der Waals surface area (Å²) in [7, 11) is 0. The zero-order chi connectivity index (χ0) is 22.3. The molecule has 1 aliphatic rings. The number of amides is 1. The molecule has 2 aromatic heterocycles. The molecule has 3 N–H and O–H groups in total. The first kappa shape index (κ1) is 20.7. The number of nitrogens with one attached hydrogen (secondary N) is 2. The molecular weight excluding hydrogens is 397 g/mol. The predicted octanol–water partition coefficient (Wildman–Crippen LogP) is 3.88. The minimum absolute atomic E-state index is 0.260. The molecule has 31 heavy (non-hydrogen) atoms. The third-order valence-electron chi connectivity index (χ3n) is 5.24. The lowest BCUT2D eigenvalue weighted by molar-refractivity contribution is -0.110. The first-order chi connectivity index (χ1) is 14.7. The van der Waals surface area contributed by atoms with Crippen LogP contribution < -0.4 is 10.6 Å². The third-order valence-corrected chi connectivity index (χ3v) is 5.24. The van der Waals surface area contributed by atoms with E-state index in [4.69, 9.17) is 0 Å². The molecule has 0 unspecified atom stereocenters. The molecule has 1 amide bonds. The van der Waals surface area contributed by atoms with Crippen LogP contribution in [0.5, 0.6) is 0 Å². The molecule has 4 rings (SSSR count). The molecule has 7 nitrogen and oxygen atoms in total. The summed E-state index contributed by atoms with van der Waals surface area (Å²) < 4.78 is 16.2. The van der Waals surface area contributed by atoms with Gasteiger partial charge >= 0.3 is 0 Å². The number of aliphatic hydroxyl groups excluding tert-OH is 1. The van der Waals surface area contributed by atoms with Gasteiger partial charge in [0.1, 0.15) is 5.82 Å². The normalized spacial score (nSPS) is 15.5. The molecule has 0 bridgehead atoms. The van der Waals surface area contributed by atoms with Gasteiger partial charge in [-0.1, -0.05) is 12.1 Å². The Morgan fingerprint density at radius 2 is 2.10 bits per heavy atom. The molecule has 160 valence electrons. The maximum Gasteiger partial charge on any atom is 0.258 e. The number of benzene rings is 1. The lowest BCUT2D eigenvalue weighted by atomic mass is 10.00. The van der Waals surface area contributed by atoms with Gasteiger partial charge in [0.15, 0.2) is 5.82 Å². The van der Waals surface area contributed by atoms with Crippen LogP contribution in [0, 0.1) is 19.7 Å². The van der Waals surface area contributed by atoms with E-state index in [0.717, 1.165) is 11.3 Å². The average Bonchev–Trinajstić information content (AvgIpc) is 3.19. The van der Waals surface area contributed by atoms with Gasteiger partial charge in [0.05, 0.1) is 35.8 Å². The Morgan fingerprint density at radius 3 is 2.81 bits per heavy atom. The predicted molar refractivity (Wildman–Crippen MR) is 118 cm³/mol. The van der Waals surface area contributed by atoms with Crippen molar-refractivity contribution < 1.29 is 14.3 Å². The molecule has 1 aromatic carbocycles. The standard InChI is InChI=1S/C23H24FN5O2/c1-12-6-5-7-17(24)21(12)18-9-16-19(10-25-18)27-23(31)22(16)15(4)26-20-8-13(2)29(28-20)11-14(3)30/h5-10,14,30H,11H2,1-4H3,(H,26,28)(H,27,31)/b22-15-/t14-/m1/s1. The summed E-state index contributed by atoms with van der Waals surface area (Å²) in [5, 5.41) is 20.1. The van der Waals surface area contributed by atoms with Crippen molar-refractivity contribution in [3.8, 4) is 11.3 Å². The van der Waals surface area contributed by atoms with E-state index < -0.39 is 6.10 Å². The first-order valence-corrected chi connectivity index (χ1v) is 10.0. The van der Waals surface area contributed by atoms with Gasteiger partial charge in [-0.15, -0.1) is 0 Å². The lowest BCUT2D eigenvalue weighted by Crippen LogP contribution is -2.14. The van der Waals surface area contributed by atoms with Crippen molar-refractivity contribution in [2.75, 3.05) is 10.6 Å². The number of nitrogens with zero attached hydrogens (tertiary/aromatic N) is 3. The number of hydrogen-bond acceptors (Lipinski definition) is 5. The Bertz CT molecular complexity index is 1190. The largest absolute Gasteiger partial charge is 0.391 e. The van der Waals surface area contributed by atoms with Crippen molar-refractivity contribution in [3.63, 3.8) is 0 Å². The second-order valence-corrected chi connectivity index (χ2v) is 7.83. The number of rotatable bonds is 5. The Labute approximate surface area is 179 Å². The summed E-state index contributed by atoms with van der Waals surface area (Å²) in [5.74, 6) is -0.0443. The fourth-order valence-corrected chi connectivity index (χ4v) is 3.80. The Balaban J connectivity index is 1.72. The van der Waals surface area contributed by atoms with E-state index in [1.165, 1.54) is 6.07 Å². The summed E-state index contributed by atoms with van der Waals surface area (Å²) in [4.78, 5) is 17.1. The van der Waals surface area contributed by atoms with Crippen LogP contribution in [0.4, 0.5) is 15.9 Å². The van der Waals surface area contributed by atoms with Crippen molar-refractivity contribution in [3.05, 3.63) is 64.9 Å². The number of aryl methyl sites for hydroxylation is 2. The number of anilines is 2. The van der Waals surface area contributed by atoms with E-state index in [1.54, 1.807) is 36.9 Å². The molecule has 1 aliphatic heterocycles. The van der Waals surface area contributed by atoms with Gasteiger partial charge < -0.3 is 15.7 Å². The maximum atomic E-state index is 14.5. The quantitative estimate of drug-likeness (QED) is 0.544. The van der Waals surface area contributed by atoms with Crippen LogP contribution >= 0.6 is 0 Å². The van der Waals surface area contributed by atoms with Crippen molar-refractivity contribution in [2.24, 2.45) is 0 Å². The Kier molecular flexibility index (Phi) is 5.32. The van der Waals surface area contributed by atoms with E-state index in [9.17, 15) is 14.3 Å². The average molecular weight is 421 g/mol. The fourth-order valence-electron chi connectivity index (χ4n) is 3.80. The van der Waals surface area contributed by atoms with Crippen molar-refractivity contribution in [1.82, 2.24) is 14.8 Å². The summed E-state index contributed by atoms with van der Waals surface area (Å²) in [6.45, 7) is 7.59. The van der Waals surface area contributed by atoms with Crippen LogP contribution in [-0.2, 0) is 11.3 Å². The highest BCUT2D eigenvalue weighted by Crippen LogP contribution is 2.37. The van der Waals surface area contributed by atoms with Crippen molar-refractivity contribution in [2.45, 2.75) is 40.3 Å². The van der Waals surface area contributed by atoms with Gasteiger partial charge in [0, 0.05) is 28.6 Å². The zero-order valence-electron chi connectivity index (χ0n) is 17.8. The highest BCUT2D eigenvalue weighted by atomic mass is 19.1. The Morgan fingerprint density at radius 1 is 1.32 bits per heavy atom. The fraction of sp³-hybridized carbons (Fsp3) is 0.261. The summed E-state index contributed by atoms with van der Waals surface area (Å²) in [6.07, 6.45) is 1.03. The molecule has 0 fully saturated rings. The van der Waals surface area contributed by atoms with E-state index in [-0.39, 0.29) is 11.7 Å². The minimum Gasteiger partial charge on any atom is -0.391 e. The number of fused-ring (bicyclic) bond motifs is 1. The number of aliphatic hydroxyl groups is 1. The molecule has 0 aliphatic carbocycles. The second-order valence-electron chi connectivity index (χ2n) is 7.83. The van der Waals surface area contributed by atoms with Crippen LogP contribution in [0.1, 0.15) is 30.7 Å². The summed E-state index contributed by atoms with van der Waals surface area (Å²) >= 11 is 0. The van der Waals surface area contributed by atoms with Crippen LogP contribution in [0.2, 0.25) is 0 Å². The number of allylic oxidation sites excluding steroid dienone is 1. The van der Waals surface area contributed by atoms with Gasteiger partial charge in [-0.05, 0) is 45.4 Å². The SMILES string of the molecule is C/C(Nc1cc(C)n(C[C@@H](C)O)n1)=C1/C(=O)Nc2cnc(-c3c(C)cccc3F)cc21. The molecule has 3 heterocycles. The maximum absolute atomic E-state index is 14.5. The molecule has 0 spiro atoms.